The molecule has 3 heteroatoms. The van der Waals surface area contributed by atoms with Gasteiger partial charge in [-0.2, -0.15) is 0 Å². The van der Waals surface area contributed by atoms with Gasteiger partial charge in [0.1, 0.15) is 5.38 Å². The molecule has 1 unspecified atom stereocenters. The maximum Gasteiger partial charge on any atom is 0.245 e. The van der Waals surface area contributed by atoms with Gasteiger partial charge in [-0.15, -0.1) is 11.6 Å². The molecule has 1 fully saturated rings. The molecular formula is C16H22ClNO. The Kier molecular flexibility index (Phi) is 5.26. The minimum absolute atomic E-state index is 0.0628. The highest BCUT2D eigenvalue weighted by Crippen LogP contribution is 2.25. The van der Waals surface area contributed by atoms with E-state index in [1.807, 2.05) is 17.0 Å². The summed E-state index contributed by atoms with van der Waals surface area (Å²) >= 11 is 6.35. The Morgan fingerprint density at radius 1 is 1.16 bits per heavy atom. The van der Waals surface area contributed by atoms with Crippen molar-refractivity contribution in [1.29, 1.82) is 0 Å². The van der Waals surface area contributed by atoms with Crippen molar-refractivity contribution in [2.75, 3.05) is 13.1 Å². The molecule has 0 radical (unpaired) electrons. The number of alkyl halides is 1. The second-order valence-corrected chi connectivity index (χ2v) is 5.63. The molecule has 104 valence electrons. The lowest BCUT2D eigenvalue weighted by molar-refractivity contribution is -0.130. The van der Waals surface area contributed by atoms with Crippen molar-refractivity contribution < 1.29 is 4.79 Å². The Balaban J connectivity index is 2.04. The number of carbonyl (C=O) groups is 1. The molecule has 1 atom stereocenters. The molecule has 1 aliphatic rings. The van der Waals surface area contributed by atoms with E-state index in [1.165, 1.54) is 18.4 Å². The van der Waals surface area contributed by atoms with Crippen molar-refractivity contribution in [1.82, 2.24) is 4.90 Å². The lowest BCUT2D eigenvalue weighted by atomic mass is 10.1. The number of carbonyl (C=O) groups excluding carboxylic acids is 1. The summed E-state index contributed by atoms with van der Waals surface area (Å²) < 4.78 is 0. The maximum absolute atomic E-state index is 12.4. The first kappa shape index (κ1) is 14.4. The topological polar surface area (TPSA) is 20.3 Å². The summed E-state index contributed by atoms with van der Waals surface area (Å²) in [6.07, 6.45) is 5.66. The van der Waals surface area contributed by atoms with E-state index in [-0.39, 0.29) is 5.91 Å². The van der Waals surface area contributed by atoms with Gasteiger partial charge in [0.15, 0.2) is 0 Å². The molecule has 0 spiro atoms. The van der Waals surface area contributed by atoms with E-state index in [0.717, 1.165) is 37.9 Å². The number of halogens is 1. The number of benzene rings is 1. The third-order valence-electron chi connectivity index (χ3n) is 3.82. The molecular weight excluding hydrogens is 258 g/mol. The van der Waals surface area contributed by atoms with Crippen LogP contribution < -0.4 is 0 Å². The number of hydrogen-bond donors (Lipinski definition) is 0. The minimum atomic E-state index is -0.538. The van der Waals surface area contributed by atoms with Crippen LogP contribution >= 0.6 is 11.6 Å². The van der Waals surface area contributed by atoms with E-state index < -0.39 is 5.38 Å². The fraction of sp³-hybridized carbons (Fsp3) is 0.562. The van der Waals surface area contributed by atoms with E-state index in [2.05, 4.69) is 19.1 Å². The molecule has 1 heterocycles. The van der Waals surface area contributed by atoms with Gasteiger partial charge in [0.2, 0.25) is 5.91 Å². The second-order valence-electron chi connectivity index (χ2n) is 5.20. The third kappa shape index (κ3) is 3.73. The molecule has 0 aliphatic carbocycles. The van der Waals surface area contributed by atoms with E-state index in [4.69, 9.17) is 11.6 Å². The molecule has 2 rings (SSSR count). The standard InChI is InChI=1S/C16H22ClNO/c1-2-13-7-9-14(10-8-13)15(17)16(19)18-11-5-3-4-6-12-18/h7-10,15H,2-6,11-12H2,1H3. The first-order valence-electron chi connectivity index (χ1n) is 7.24. The van der Waals surface area contributed by atoms with Gasteiger partial charge in [-0.1, -0.05) is 44.0 Å². The number of amides is 1. The van der Waals surface area contributed by atoms with Crippen molar-refractivity contribution >= 4 is 17.5 Å². The van der Waals surface area contributed by atoms with Gasteiger partial charge >= 0.3 is 0 Å². The third-order valence-corrected chi connectivity index (χ3v) is 4.25. The van der Waals surface area contributed by atoms with Gasteiger partial charge < -0.3 is 4.90 Å². The lowest BCUT2D eigenvalue weighted by Crippen LogP contribution is -2.34. The molecule has 1 aliphatic heterocycles. The highest BCUT2D eigenvalue weighted by Gasteiger charge is 2.24. The molecule has 1 aromatic carbocycles. The molecule has 1 amide bonds. The minimum Gasteiger partial charge on any atom is -0.341 e. The number of rotatable bonds is 3. The molecule has 19 heavy (non-hydrogen) atoms. The first-order valence-corrected chi connectivity index (χ1v) is 7.67. The van der Waals surface area contributed by atoms with Crippen LogP contribution in [0.3, 0.4) is 0 Å². The number of aryl methyl sites for hydroxylation is 1. The molecule has 0 aromatic heterocycles. The summed E-state index contributed by atoms with van der Waals surface area (Å²) in [7, 11) is 0. The van der Waals surface area contributed by atoms with Gasteiger partial charge in [0, 0.05) is 13.1 Å². The van der Waals surface area contributed by atoms with Crippen molar-refractivity contribution in [3.63, 3.8) is 0 Å². The molecule has 0 bridgehead atoms. The zero-order valence-electron chi connectivity index (χ0n) is 11.6. The molecule has 1 saturated heterocycles. The Bertz CT molecular complexity index is 407. The normalized spacial score (nSPS) is 17.9. The lowest BCUT2D eigenvalue weighted by Gasteiger charge is -2.23. The summed E-state index contributed by atoms with van der Waals surface area (Å²) in [6, 6.07) is 8.07. The average Bonchev–Trinajstić information content (AvgIpc) is 2.75. The van der Waals surface area contributed by atoms with Crippen molar-refractivity contribution in [2.24, 2.45) is 0 Å². The molecule has 1 aromatic rings. The smallest absolute Gasteiger partial charge is 0.245 e. The predicted octanol–water partition coefficient (Wildman–Crippen LogP) is 3.93. The Morgan fingerprint density at radius 2 is 1.74 bits per heavy atom. The first-order chi connectivity index (χ1) is 9.22. The van der Waals surface area contributed by atoms with E-state index >= 15 is 0 Å². The highest BCUT2D eigenvalue weighted by atomic mass is 35.5. The van der Waals surface area contributed by atoms with Gasteiger partial charge in [0.25, 0.3) is 0 Å². The SMILES string of the molecule is CCc1ccc(C(Cl)C(=O)N2CCCCCC2)cc1. The van der Waals surface area contributed by atoms with Crippen LogP contribution in [0.4, 0.5) is 0 Å². The zero-order chi connectivity index (χ0) is 13.7. The Hall–Kier alpha value is -1.02. The number of likely N-dealkylation sites (tertiary alicyclic amines) is 1. The van der Waals surface area contributed by atoms with Crippen molar-refractivity contribution in [3.8, 4) is 0 Å². The van der Waals surface area contributed by atoms with Crippen LogP contribution in [0.5, 0.6) is 0 Å². The quantitative estimate of drug-likeness (QED) is 0.768. The van der Waals surface area contributed by atoms with Crippen LogP contribution in [-0.2, 0) is 11.2 Å². The van der Waals surface area contributed by atoms with E-state index in [1.54, 1.807) is 0 Å². The zero-order valence-corrected chi connectivity index (χ0v) is 12.3. The van der Waals surface area contributed by atoms with Gasteiger partial charge in [-0.3, -0.25) is 4.79 Å². The van der Waals surface area contributed by atoms with Crippen LogP contribution in [-0.4, -0.2) is 23.9 Å². The summed E-state index contributed by atoms with van der Waals surface area (Å²) in [4.78, 5) is 14.3. The van der Waals surface area contributed by atoms with Crippen LogP contribution in [0.25, 0.3) is 0 Å². The van der Waals surface area contributed by atoms with Gasteiger partial charge in [-0.05, 0) is 30.4 Å². The van der Waals surface area contributed by atoms with E-state index in [0.29, 0.717) is 0 Å². The van der Waals surface area contributed by atoms with Crippen LogP contribution in [0.2, 0.25) is 0 Å². The highest BCUT2D eigenvalue weighted by molar-refractivity contribution is 6.30. The predicted molar refractivity (Wildman–Crippen MR) is 79.5 cm³/mol. The Labute approximate surface area is 120 Å². The fourth-order valence-corrected chi connectivity index (χ4v) is 2.80. The van der Waals surface area contributed by atoms with Crippen LogP contribution in [0.1, 0.15) is 49.1 Å². The van der Waals surface area contributed by atoms with E-state index in [9.17, 15) is 4.79 Å². The summed E-state index contributed by atoms with van der Waals surface area (Å²) in [5, 5.41) is -0.538. The summed E-state index contributed by atoms with van der Waals surface area (Å²) in [5.74, 6) is 0.0628. The molecule has 2 nitrogen and oxygen atoms in total. The Morgan fingerprint density at radius 3 is 2.26 bits per heavy atom. The fourth-order valence-electron chi connectivity index (χ4n) is 2.52. The van der Waals surface area contributed by atoms with Gasteiger partial charge in [-0.25, -0.2) is 0 Å². The molecule has 0 saturated carbocycles. The average molecular weight is 280 g/mol. The summed E-state index contributed by atoms with van der Waals surface area (Å²) in [6.45, 7) is 3.83. The number of nitrogens with zero attached hydrogens (tertiary/aromatic N) is 1. The molecule has 0 N–H and O–H groups in total. The maximum atomic E-state index is 12.4. The largest absolute Gasteiger partial charge is 0.341 e. The van der Waals surface area contributed by atoms with Crippen LogP contribution in [0.15, 0.2) is 24.3 Å². The van der Waals surface area contributed by atoms with Crippen molar-refractivity contribution in [3.05, 3.63) is 35.4 Å². The van der Waals surface area contributed by atoms with Crippen molar-refractivity contribution in [2.45, 2.75) is 44.4 Å². The van der Waals surface area contributed by atoms with Gasteiger partial charge in [0.05, 0.1) is 0 Å². The summed E-state index contributed by atoms with van der Waals surface area (Å²) in [5.41, 5.74) is 2.18. The second kappa shape index (κ2) is 6.95. The number of hydrogen-bond acceptors (Lipinski definition) is 1. The van der Waals surface area contributed by atoms with Crippen LogP contribution in [0, 0.1) is 0 Å². The monoisotopic (exact) mass is 279 g/mol.